The minimum atomic E-state index is -0.606. The standard InChI is InChI=1S/C15H23NO5/c1-8(17)11-9-6-7-10(12(11)13(18)20-5)16(9)14(19)21-15(2,3)4/h9-12H,6-7H2,1-5H3/t9-,10+,11+,12+/m0/s1. The summed E-state index contributed by atoms with van der Waals surface area (Å²) in [7, 11) is 1.31. The molecule has 2 aliphatic heterocycles. The summed E-state index contributed by atoms with van der Waals surface area (Å²) in [6, 6.07) is -0.558. The number of carbonyl (C=O) groups excluding carboxylic acids is 3. The summed E-state index contributed by atoms with van der Waals surface area (Å²) >= 11 is 0. The Bertz CT molecular complexity index is 467. The molecule has 0 saturated carbocycles. The van der Waals surface area contributed by atoms with E-state index >= 15 is 0 Å². The third-order valence-electron chi connectivity index (χ3n) is 4.24. The lowest BCUT2D eigenvalue weighted by Gasteiger charge is -2.27. The lowest BCUT2D eigenvalue weighted by atomic mass is 9.77. The first-order valence-corrected chi connectivity index (χ1v) is 7.27. The van der Waals surface area contributed by atoms with Crippen LogP contribution in [0.15, 0.2) is 0 Å². The van der Waals surface area contributed by atoms with Crippen LogP contribution in [0.2, 0.25) is 0 Å². The van der Waals surface area contributed by atoms with E-state index in [-0.39, 0.29) is 17.9 Å². The minimum absolute atomic E-state index is 0.0776. The van der Waals surface area contributed by atoms with E-state index in [0.29, 0.717) is 6.42 Å². The van der Waals surface area contributed by atoms with Gasteiger partial charge in [0, 0.05) is 12.1 Å². The number of fused-ring (bicyclic) bond motifs is 2. The number of hydrogen-bond acceptors (Lipinski definition) is 5. The van der Waals surface area contributed by atoms with Gasteiger partial charge in [0.15, 0.2) is 0 Å². The summed E-state index contributed by atoms with van der Waals surface area (Å²) in [5, 5.41) is 0. The molecule has 0 N–H and O–H groups in total. The SMILES string of the molecule is COC(=O)[C@H]1[C@H](C(C)=O)[C@@H]2CC[C@H]1N2C(=O)OC(C)(C)C. The Morgan fingerprint density at radius 3 is 2.00 bits per heavy atom. The smallest absolute Gasteiger partial charge is 0.410 e. The Labute approximate surface area is 124 Å². The molecule has 2 saturated heterocycles. The van der Waals surface area contributed by atoms with Gasteiger partial charge in [-0.2, -0.15) is 0 Å². The Balaban J connectivity index is 2.28. The number of amides is 1. The molecule has 6 heteroatoms. The molecule has 0 unspecified atom stereocenters. The third kappa shape index (κ3) is 2.76. The zero-order chi connectivity index (χ0) is 15.9. The van der Waals surface area contributed by atoms with Crippen LogP contribution in [0.25, 0.3) is 0 Å². The van der Waals surface area contributed by atoms with Gasteiger partial charge in [-0.25, -0.2) is 4.79 Å². The second-order valence-corrected chi connectivity index (χ2v) is 6.79. The number of ketones is 1. The van der Waals surface area contributed by atoms with Crippen molar-refractivity contribution in [3.63, 3.8) is 0 Å². The number of methoxy groups -OCH3 is 1. The van der Waals surface area contributed by atoms with Gasteiger partial charge in [0.05, 0.1) is 18.9 Å². The number of carbonyl (C=O) groups is 3. The van der Waals surface area contributed by atoms with Crippen LogP contribution in [-0.2, 0) is 19.1 Å². The fourth-order valence-electron chi connectivity index (χ4n) is 3.60. The van der Waals surface area contributed by atoms with Crippen molar-refractivity contribution in [3.8, 4) is 0 Å². The zero-order valence-electron chi connectivity index (χ0n) is 13.2. The van der Waals surface area contributed by atoms with Crippen LogP contribution in [0.5, 0.6) is 0 Å². The normalized spacial score (nSPS) is 31.2. The maximum Gasteiger partial charge on any atom is 0.410 e. The molecule has 2 rings (SSSR count). The van der Waals surface area contributed by atoms with Crippen molar-refractivity contribution in [2.75, 3.05) is 7.11 Å². The van der Waals surface area contributed by atoms with Gasteiger partial charge in [0.25, 0.3) is 0 Å². The van der Waals surface area contributed by atoms with Crippen LogP contribution >= 0.6 is 0 Å². The fourth-order valence-corrected chi connectivity index (χ4v) is 3.60. The molecule has 0 aromatic rings. The molecule has 4 atom stereocenters. The van der Waals surface area contributed by atoms with Crippen LogP contribution < -0.4 is 0 Å². The van der Waals surface area contributed by atoms with Crippen molar-refractivity contribution in [1.29, 1.82) is 0 Å². The van der Waals surface area contributed by atoms with Gasteiger partial charge in [-0.3, -0.25) is 9.59 Å². The second kappa shape index (κ2) is 5.31. The fraction of sp³-hybridized carbons (Fsp3) is 0.800. The van der Waals surface area contributed by atoms with Gasteiger partial charge in [0.1, 0.15) is 11.4 Å². The average molecular weight is 297 g/mol. The first-order valence-electron chi connectivity index (χ1n) is 7.27. The quantitative estimate of drug-likeness (QED) is 0.726. The van der Waals surface area contributed by atoms with Gasteiger partial charge < -0.3 is 14.4 Å². The predicted molar refractivity (Wildman–Crippen MR) is 74.6 cm³/mol. The highest BCUT2D eigenvalue weighted by molar-refractivity contribution is 5.89. The molecule has 0 aliphatic carbocycles. The van der Waals surface area contributed by atoms with Gasteiger partial charge >= 0.3 is 12.1 Å². The Hall–Kier alpha value is -1.59. The number of esters is 1. The van der Waals surface area contributed by atoms with Crippen molar-refractivity contribution in [3.05, 3.63) is 0 Å². The molecular formula is C15H23NO5. The molecule has 118 valence electrons. The highest BCUT2D eigenvalue weighted by Crippen LogP contribution is 2.47. The molecule has 1 amide bonds. The third-order valence-corrected chi connectivity index (χ3v) is 4.24. The van der Waals surface area contributed by atoms with Crippen LogP contribution in [0.3, 0.4) is 0 Å². The lowest BCUT2D eigenvalue weighted by Crippen LogP contribution is -2.41. The lowest BCUT2D eigenvalue weighted by molar-refractivity contribution is -0.150. The van der Waals surface area contributed by atoms with E-state index in [0.717, 1.165) is 6.42 Å². The highest BCUT2D eigenvalue weighted by Gasteiger charge is 2.60. The van der Waals surface area contributed by atoms with Crippen molar-refractivity contribution in [1.82, 2.24) is 4.90 Å². The van der Waals surface area contributed by atoms with Gasteiger partial charge in [-0.15, -0.1) is 0 Å². The van der Waals surface area contributed by atoms with E-state index in [1.54, 1.807) is 25.7 Å². The topological polar surface area (TPSA) is 72.9 Å². The van der Waals surface area contributed by atoms with E-state index in [1.807, 2.05) is 0 Å². The van der Waals surface area contributed by atoms with Gasteiger partial charge in [0.2, 0.25) is 0 Å². The predicted octanol–water partition coefficient (Wildman–Crippen LogP) is 1.76. The molecule has 6 nitrogen and oxygen atoms in total. The molecule has 0 spiro atoms. The Morgan fingerprint density at radius 1 is 1.05 bits per heavy atom. The van der Waals surface area contributed by atoms with E-state index in [9.17, 15) is 14.4 Å². The van der Waals surface area contributed by atoms with Crippen LogP contribution in [0, 0.1) is 11.8 Å². The number of nitrogens with zero attached hydrogens (tertiary/aromatic N) is 1. The summed E-state index contributed by atoms with van der Waals surface area (Å²) in [5.74, 6) is -1.55. The highest BCUT2D eigenvalue weighted by atomic mass is 16.6. The zero-order valence-corrected chi connectivity index (χ0v) is 13.2. The molecule has 0 aromatic carbocycles. The summed E-state index contributed by atoms with van der Waals surface area (Å²) < 4.78 is 10.2. The molecular weight excluding hydrogens is 274 g/mol. The Kier molecular flexibility index (Phi) is 4.00. The van der Waals surface area contributed by atoms with Crippen molar-refractivity contribution < 1.29 is 23.9 Å². The molecule has 2 fully saturated rings. The van der Waals surface area contributed by atoms with Crippen LogP contribution in [-0.4, -0.2) is 47.5 Å². The number of Topliss-reactive ketones (excluding diaryl/α,β-unsaturated/α-hetero) is 1. The molecule has 2 bridgehead atoms. The molecule has 0 radical (unpaired) electrons. The van der Waals surface area contributed by atoms with Gasteiger partial charge in [-0.05, 0) is 40.5 Å². The van der Waals surface area contributed by atoms with E-state index < -0.39 is 29.5 Å². The average Bonchev–Trinajstić information content (AvgIpc) is 2.90. The summed E-state index contributed by atoms with van der Waals surface area (Å²) in [6.07, 6.45) is 0.974. The summed E-state index contributed by atoms with van der Waals surface area (Å²) in [4.78, 5) is 37.9. The maximum absolute atomic E-state index is 12.4. The van der Waals surface area contributed by atoms with Crippen molar-refractivity contribution in [2.45, 2.75) is 58.2 Å². The molecule has 2 aliphatic rings. The van der Waals surface area contributed by atoms with Crippen molar-refractivity contribution >= 4 is 17.8 Å². The Morgan fingerprint density at radius 2 is 1.57 bits per heavy atom. The first-order chi connectivity index (χ1) is 9.67. The van der Waals surface area contributed by atoms with Crippen LogP contribution in [0.1, 0.15) is 40.5 Å². The molecule has 21 heavy (non-hydrogen) atoms. The monoisotopic (exact) mass is 297 g/mol. The molecule has 0 aromatic heterocycles. The largest absolute Gasteiger partial charge is 0.469 e. The number of rotatable bonds is 2. The first kappa shape index (κ1) is 15.8. The molecule has 2 heterocycles. The summed E-state index contributed by atoms with van der Waals surface area (Å²) in [6.45, 7) is 6.85. The van der Waals surface area contributed by atoms with Gasteiger partial charge in [-0.1, -0.05) is 0 Å². The summed E-state index contributed by atoms with van der Waals surface area (Å²) in [5.41, 5.74) is -0.606. The number of hydrogen-bond donors (Lipinski definition) is 0. The second-order valence-electron chi connectivity index (χ2n) is 6.79. The minimum Gasteiger partial charge on any atom is -0.469 e. The van der Waals surface area contributed by atoms with E-state index in [4.69, 9.17) is 9.47 Å². The van der Waals surface area contributed by atoms with Crippen LogP contribution in [0.4, 0.5) is 4.79 Å². The van der Waals surface area contributed by atoms with E-state index in [2.05, 4.69) is 0 Å². The van der Waals surface area contributed by atoms with Crippen molar-refractivity contribution in [2.24, 2.45) is 11.8 Å². The number of ether oxygens (including phenoxy) is 2. The maximum atomic E-state index is 12.4. The van der Waals surface area contributed by atoms with E-state index in [1.165, 1.54) is 14.0 Å².